The fraction of sp³-hybridized carbons (Fsp3) is 0.417. The number of hydrogen-bond acceptors (Lipinski definition) is 2. The van der Waals surface area contributed by atoms with Gasteiger partial charge in [0, 0.05) is 4.53 Å². The Labute approximate surface area is 88.0 Å². The smallest absolute Gasteiger partial charge is 0.255 e. The van der Waals surface area contributed by atoms with Crippen molar-refractivity contribution in [3.05, 3.63) is 35.9 Å². The zero-order chi connectivity index (χ0) is 10.8. The van der Waals surface area contributed by atoms with Gasteiger partial charge in [-0.1, -0.05) is 37.3 Å². The highest BCUT2D eigenvalue weighted by molar-refractivity contribution is 5.72. The van der Waals surface area contributed by atoms with E-state index in [-0.39, 0.29) is 11.8 Å². The van der Waals surface area contributed by atoms with Crippen LogP contribution in [0.2, 0.25) is 0 Å². The Morgan fingerprint density at radius 1 is 1.47 bits per heavy atom. The number of rotatable bonds is 3. The van der Waals surface area contributed by atoms with Gasteiger partial charge in [-0.05, 0) is 23.8 Å². The maximum atomic E-state index is 11.7. The molecule has 0 aliphatic heterocycles. The van der Waals surface area contributed by atoms with Crippen LogP contribution in [0.15, 0.2) is 30.3 Å². The summed E-state index contributed by atoms with van der Waals surface area (Å²) in [6, 6.07) is 9.99. The summed E-state index contributed by atoms with van der Waals surface area (Å²) >= 11 is 0. The maximum absolute atomic E-state index is 11.7. The minimum Gasteiger partial charge on any atom is -0.255 e. The van der Waals surface area contributed by atoms with Crippen molar-refractivity contribution in [2.75, 3.05) is 0 Å². The predicted molar refractivity (Wildman–Crippen MR) is 53.7 cm³/mol. The molecule has 2 nitrogen and oxygen atoms in total. The molecule has 1 aromatic carbocycles. The highest BCUT2D eigenvalue weighted by Gasteiger charge is 2.45. The van der Waals surface area contributed by atoms with Gasteiger partial charge in [0.05, 0.1) is 5.92 Å². The van der Waals surface area contributed by atoms with Crippen LogP contribution in [-0.2, 0) is 9.74 Å². The molecule has 0 radical (unpaired) electrons. The molecule has 80 valence electrons. The van der Waals surface area contributed by atoms with E-state index in [4.69, 9.17) is 0 Å². The number of benzene rings is 1. The molecule has 0 bridgehead atoms. The summed E-state index contributed by atoms with van der Waals surface area (Å²) in [7, 11) is 0. The van der Waals surface area contributed by atoms with Crippen molar-refractivity contribution in [2.24, 2.45) is 11.8 Å². The third-order valence-corrected chi connectivity index (χ3v) is 3.16. The molecule has 0 saturated heterocycles. The second-order valence-electron chi connectivity index (χ2n) is 4.10. The molecule has 1 fully saturated rings. The van der Waals surface area contributed by atoms with Crippen LogP contribution in [0.5, 0.6) is 0 Å². The predicted octanol–water partition coefficient (Wildman–Crippen LogP) is 2.85. The van der Waals surface area contributed by atoms with Crippen LogP contribution in [0.4, 0.5) is 4.53 Å². The normalized spacial score (nSPS) is 25.7. The van der Waals surface area contributed by atoms with Gasteiger partial charge in [-0.3, -0.25) is 4.94 Å². The Bertz CT molecular complexity index is 350. The van der Waals surface area contributed by atoms with Gasteiger partial charge >= 0.3 is 5.97 Å². The first-order valence-corrected chi connectivity index (χ1v) is 5.11. The molecule has 2 rings (SSSR count). The maximum Gasteiger partial charge on any atom is 0.351 e. The van der Waals surface area contributed by atoms with Crippen LogP contribution in [0.25, 0.3) is 0 Å². The standard InChI is InChI=1S/C12H13FO2/c1-8(12(14)15-13)10-7-11(10)9-5-3-2-4-6-9/h2-6,8,10-11H,7H2,1H3. The average Bonchev–Trinajstić information content (AvgIpc) is 3.08. The number of carbonyl (C=O) groups excluding carboxylic acids is 1. The minimum absolute atomic E-state index is 0.232. The molecule has 3 unspecified atom stereocenters. The largest absolute Gasteiger partial charge is 0.351 e. The van der Waals surface area contributed by atoms with Crippen LogP contribution in [0.3, 0.4) is 0 Å². The lowest BCUT2D eigenvalue weighted by molar-refractivity contribution is -0.189. The SMILES string of the molecule is CC(C(=O)OF)C1CC1c1ccccc1. The Morgan fingerprint density at radius 3 is 2.73 bits per heavy atom. The molecule has 0 amide bonds. The molecule has 15 heavy (non-hydrogen) atoms. The molecule has 1 aliphatic carbocycles. The lowest BCUT2D eigenvalue weighted by atomic mass is 10.0. The van der Waals surface area contributed by atoms with E-state index in [1.165, 1.54) is 5.56 Å². The van der Waals surface area contributed by atoms with Gasteiger partial charge in [0.25, 0.3) is 0 Å². The highest BCUT2D eigenvalue weighted by Crippen LogP contribution is 2.51. The van der Waals surface area contributed by atoms with Crippen molar-refractivity contribution >= 4 is 5.97 Å². The fourth-order valence-electron chi connectivity index (χ4n) is 2.10. The molecule has 1 aromatic rings. The van der Waals surface area contributed by atoms with Crippen LogP contribution < -0.4 is 0 Å². The van der Waals surface area contributed by atoms with E-state index in [1.807, 2.05) is 30.3 Å². The Morgan fingerprint density at radius 2 is 2.13 bits per heavy atom. The molecular formula is C12H13FO2. The number of halogens is 1. The van der Waals surface area contributed by atoms with Crippen LogP contribution in [0.1, 0.15) is 24.8 Å². The number of carbonyl (C=O) groups is 1. The van der Waals surface area contributed by atoms with Crippen molar-refractivity contribution in [1.29, 1.82) is 0 Å². The minimum atomic E-state index is -0.751. The molecular weight excluding hydrogens is 195 g/mol. The van der Waals surface area contributed by atoms with Crippen molar-refractivity contribution in [3.8, 4) is 0 Å². The first-order valence-electron chi connectivity index (χ1n) is 5.11. The summed E-state index contributed by atoms with van der Waals surface area (Å²) in [5.74, 6) is -0.477. The first-order chi connectivity index (χ1) is 7.24. The van der Waals surface area contributed by atoms with E-state index >= 15 is 0 Å². The first kappa shape index (κ1) is 10.1. The van der Waals surface area contributed by atoms with E-state index < -0.39 is 5.97 Å². The van der Waals surface area contributed by atoms with Gasteiger partial charge in [0.1, 0.15) is 0 Å². The molecule has 0 aromatic heterocycles. The van der Waals surface area contributed by atoms with Crippen LogP contribution in [0, 0.1) is 11.8 Å². The third kappa shape index (κ3) is 2.01. The van der Waals surface area contributed by atoms with E-state index in [0.717, 1.165) is 6.42 Å². The lowest BCUT2D eigenvalue weighted by Gasteiger charge is -2.05. The van der Waals surface area contributed by atoms with E-state index in [1.54, 1.807) is 6.92 Å². The van der Waals surface area contributed by atoms with Crippen molar-refractivity contribution < 1.29 is 14.3 Å². The zero-order valence-electron chi connectivity index (χ0n) is 8.52. The summed E-state index contributed by atoms with van der Waals surface area (Å²) < 4.78 is 11.7. The molecule has 0 spiro atoms. The Hall–Kier alpha value is -1.38. The van der Waals surface area contributed by atoms with Gasteiger partial charge in [-0.15, -0.1) is 0 Å². The van der Waals surface area contributed by atoms with Crippen molar-refractivity contribution in [3.63, 3.8) is 0 Å². The average molecular weight is 208 g/mol. The van der Waals surface area contributed by atoms with Gasteiger partial charge in [0.15, 0.2) is 0 Å². The Balaban J connectivity index is 1.99. The van der Waals surface area contributed by atoms with Crippen LogP contribution in [-0.4, -0.2) is 5.97 Å². The van der Waals surface area contributed by atoms with E-state index in [9.17, 15) is 9.32 Å². The summed E-state index contributed by atoms with van der Waals surface area (Å²) in [5, 5.41) is 0. The molecule has 3 atom stereocenters. The van der Waals surface area contributed by atoms with Crippen molar-refractivity contribution in [1.82, 2.24) is 0 Å². The van der Waals surface area contributed by atoms with E-state index in [2.05, 4.69) is 4.94 Å². The third-order valence-electron chi connectivity index (χ3n) is 3.16. The molecule has 1 aliphatic rings. The summed E-state index contributed by atoms with van der Waals surface area (Å²) in [6.07, 6.45) is 0.945. The van der Waals surface area contributed by atoms with Gasteiger partial charge in [0.2, 0.25) is 0 Å². The summed E-state index contributed by atoms with van der Waals surface area (Å²) in [6.45, 7) is 1.72. The number of hydrogen-bond donors (Lipinski definition) is 0. The molecule has 3 heteroatoms. The molecule has 0 heterocycles. The zero-order valence-corrected chi connectivity index (χ0v) is 8.52. The van der Waals surface area contributed by atoms with Crippen LogP contribution >= 0.6 is 0 Å². The monoisotopic (exact) mass is 208 g/mol. The van der Waals surface area contributed by atoms with Crippen molar-refractivity contribution in [2.45, 2.75) is 19.3 Å². The van der Waals surface area contributed by atoms with Gasteiger partial charge < -0.3 is 0 Å². The highest BCUT2D eigenvalue weighted by atomic mass is 19.3. The fourth-order valence-corrected chi connectivity index (χ4v) is 2.10. The summed E-state index contributed by atoms with van der Waals surface area (Å²) in [4.78, 5) is 14.2. The Kier molecular flexibility index (Phi) is 2.71. The molecule has 1 saturated carbocycles. The molecule has 0 N–H and O–H groups in total. The second kappa shape index (κ2) is 4.01. The van der Waals surface area contributed by atoms with E-state index in [0.29, 0.717) is 5.92 Å². The summed E-state index contributed by atoms with van der Waals surface area (Å²) in [5.41, 5.74) is 1.22. The second-order valence-corrected chi connectivity index (χ2v) is 4.10. The van der Waals surface area contributed by atoms with Gasteiger partial charge in [-0.25, -0.2) is 4.79 Å². The quantitative estimate of drug-likeness (QED) is 0.763. The lowest BCUT2D eigenvalue weighted by Crippen LogP contribution is -2.13. The van der Waals surface area contributed by atoms with Gasteiger partial charge in [-0.2, -0.15) is 0 Å². The topological polar surface area (TPSA) is 26.3 Å².